The minimum Gasteiger partial charge on any atom is -0.481 e. The van der Waals surface area contributed by atoms with E-state index in [1.165, 1.54) is 11.9 Å². The van der Waals surface area contributed by atoms with Gasteiger partial charge in [-0.1, -0.05) is 0 Å². The molecule has 9 heteroatoms. The van der Waals surface area contributed by atoms with Crippen LogP contribution in [0.25, 0.3) is 0 Å². The molecule has 0 aliphatic carbocycles. The highest BCUT2D eigenvalue weighted by molar-refractivity contribution is 5.77. The Hall–Kier alpha value is -2.76. The molecule has 0 heterocycles. The standard InChI is InChI=1S/C12H11F2N3O4/c1-16(4-2-3-15)12(18)7-21-11-6-8(13)10(17(19)20)5-9(11)14/h5-6H,2,4,7H2,1H3. The number of nitrogens with zero attached hydrogens (tertiary/aromatic N) is 3. The third-order valence-electron chi connectivity index (χ3n) is 2.53. The van der Waals surface area contributed by atoms with Crippen molar-refractivity contribution in [1.29, 1.82) is 5.26 Å². The van der Waals surface area contributed by atoms with Crippen LogP contribution < -0.4 is 4.74 Å². The number of halogens is 2. The number of likely N-dealkylation sites (N-methyl/N-ethyl adjacent to an activating group) is 1. The van der Waals surface area contributed by atoms with Crippen molar-refractivity contribution in [3.63, 3.8) is 0 Å². The predicted octanol–water partition coefficient (Wildman–Crippen LogP) is 1.62. The van der Waals surface area contributed by atoms with Gasteiger partial charge in [-0.25, -0.2) is 4.39 Å². The first-order chi connectivity index (χ1) is 9.86. The molecular weight excluding hydrogens is 288 g/mol. The summed E-state index contributed by atoms with van der Waals surface area (Å²) in [7, 11) is 1.43. The summed E-state index contributed by atoms with van der Waals surface area (Å²) in [5.74, 6) is -3.54. The quantitative estimate of drug-likeness (QED) is 0.587. The predicted molar refractivity (Wildman–Crippen MR) is 66.4 cm³/mol. The molecule has 0 radical (unpaired) electrons. The SMILES string of the molecule is CN(CCC#N)C(=O)COc1cc(F)c([N+](=O)[O-])cc1F. The van der Waals surface area contributed by atoms with Gasteiger partial charge in [0.25, 0.3) is 5.91 Å². The largest absolute Gasteiger partial charge is 0.481 e. The molecule has 112 valence electrons. The lowest BCUT2D eigenvalue weighted by molar-refractivity contribution is -0.387. The Labute approximate surface area is 118 Å². The zero-order valence-corrected chi connectivity index (χ0v) is 11.0. The number of nitro benzene ring substituents is 1. The second-order valence-corrected chi connectivity index (χ2v) is 4.00. The second-order valence-electron chi connectivity index (χ2n) is 4.00. The van der Waals surface area contributed by atoms with Crippen molar-refractivity contribution in [2.24, 2.45) is 0 Å². The van der Waals surface area contributed by atoms with Crippen LogP contribution in [0.4, 0.5) is 14.5 Å². The van der Waals surface area contributed by atoms with E-state index < -0.39 is 40.5 Å². The summed E-state index contributed by atoms with van der Waals surface area (Å²) < 4.78 is 31.6. The van der Waals surface area contributed by atoms with E-state index in [1.807, 2.05) is 6.07 Å². The molecule has 1 aromatic carbocycles. The lowest BCUT2D eigenvalue weighted by atomic mass is 10.3. The Morgan fingerprint density at radius 1 is 1.48 bits per heavy atom. The van der Waals surface area contributed by atoms with Crippen LogP contribution in [-0.2, 0) is 4.79 Å². The van der Waals surface area contributed by atoms with Crippen molar-refractivity contribution in [3.8, 4) is 11.8 Å². The molecule has 0 saturated carbocycles. The molecule has 0 bridgehead atoms. The van der Waals surface area contributed by atoms with E-state index >= 15 is 0 Å². The van der Waals surface area contributed by atoms with E-state index in [-0.39, 0.29) is 13.0 Å². The molecule has 0 aliphatic rings. The zero-order valence-electron chi connectivity index (χ0n) is 11.0. The summed E-state index contributed by atoms with van der Waals surface area (Å²) in [6, 6.07) is 2.75. The third kappa shape index (κ3) is 4.38. The molecule has 7 nitrogen and oxygen atoms in total. The lowest BCUT2D eigenvalue weighted by Gasteiger charge is -2.15. The maximum atomic E-state index is 13.5. The van der Waals surface area contributed by atoms with Gasteiger partial charge in [-0.3, -0.25) is 14.9 Å². The fourth-order valence-electron chi connectivity index (χ4n) is 1.36. The molecule has 0 saturated heterocycles. The maximum Gasteiger partial charge on any atom is 0.307 e. The Bertz CT molecular complexity index is 601. The molecule has 1 amide bonds. The van der Waals surface area contributed by atoms with E-state index in [1.54, 1.807) is 0 Å². The summed E-state index contributed by atoms with van der Waals surface area (Å²) in [4.78, 5) is 22.1. The number of nitro groups is 1. The molecular formula is C12H11F2N3O4. The van der Waals surface area contributed by atoms with Crippen molar-refractivity contribution in [1.82, 2.24) is 4.90 Å². The maximum absolute atomic E-state index is 13.5. The lowest BCUT2D eigenvalue weighted by Crippen LogP contribution is -2.32. The molecule has 0 atom stereocenters. The Kier molecular flexibility index (Phi) is 5.54. The van der Waals surface area contributed by atoms with Gasteiger partial charge < -0.3 is 9.64 Å². The van der Waals surface area contributed by atoms with Crippen molar-refractivity contribution < 1.29 is 23.2 Å². The van der Waals surface area contributed by atoms with Crippen LogP contribution in [0.15, 0.2) is 12.1 Å². The molecule has 0 unspecified atom stereocenters. The molecule has 1 rings (SSSR count). The topological polar surface area (TPSA) is 96.5 Å². The Balaban J connectivity index is 2.72. The highest BCUT2D eigenvalue weighted by Crippen LogP contribution is 2.26. The van der Waals surface area contributed by atoms with Crippen molar-refractivity contribution in [2.45, 2.75) is 6.42 Å². The molecule has 0 N–H and O–H groups in total. The van der Waals surface area contributed by atoms with Crippen molar-refractivity contribution in [2.75, 3.05) is 20.2 Å². The fraction of sp³-hybridized carbons (Fsp3) is 0.333. The zero-order chi connectivity index (χ0) is 16.0. The van der Waals surface area contributed by atoms with Gasteiger partial charge in [0, 0.05) is 19.7 Å². The first-order valence-electron chi connectivity index (χ1n) is 5.74. The van der Waals surface area contributed by atoms with Crippen LogP contribution in [0.5, 0.6) is 5.75 Å². The molecule has 21 heavy (non-hydrogen) atoms. The van der Waals surface area contributed by atoms with Gasteiger partial charge in [-0.15, -0.1) is 0 Å². The number of amides is 1. The van der Waals surface area contributed by atoms with Crippen LogP contribution in [-0.4, -0.2) is 35.9 Å². The van der Waals surface area contributed by atoms with Gasteiger partial charge >= 0.3 is 5.69 Å². The van der Waals surface area contributed by atoms with Crippen LogP contribution in [0.2, 0.25) is 0 Å². The van der Waals surface area contributed by atoms with Gasteiger partial charge in [-0.2, -0.15) is 9.65 Å². The van der Waals surface area contributed by atoms with E-state index in [0.717, 1.165) is 0 Å². The summed E-state index contributed by atoms with van der Waals surface area (Å²) in [5.41, 5.74) is -1.02. The average Bonchev–Trinajstić information content (AvgIpc) is 2.44. The Morgan fingerprint density at radius 2 is 2.14 bits per heavy atom. The fourth-order valence-corrected chi connectivity index (χ4v) is 1.36. The van der Waals surface area contributed by atoms with Gasteiger partial charge in [-0.05, 0) is 0 Å². The van der Waals surface area contributed by atoms with E-state index in [2.05, 4.69) is 0 Å². The number of rotatable bonds is 6. The van der Waals surface area contributed by atoms with E-state index in [0.29, 0.717) is 12.1 Å². The van der Waals surface area contributed by atoms with Crippen LogP contribution >= 0.6 is 0 Å². The summed E-state index contributed by atoms with van der Waals surface area (Å²) in [6.45, 7) is -0.397. The first-order valence-corrected chi connectivity index (χ1v) is 5.74. The smallest absolute Gasteiger partial charge is 0.307 e. The van der Waals surface area contributed by atoms with Gasteiger partial charge in [0.15, 0.2) is 18.2 Å². The van der Waals surface area contributed by atoms with Gasteiger partial charge in [0.05, 0.1) is 23.5 Å². The number of ether oxygens (including phenoxy) is 1. The van der Waals surface area contributed by atoms with Crippen LogP contribution in [0, 0.1) is 33.1 Å². The molecule has 0 aliphatic heterocycles. The summed E-state index contributed by atoms with van der Waals surface area (Å²) in [6.07, 6.45) is 0.128. The number of carbonyl (C=O) groups excluding carboxylic acids is 1. The minimum absolute atomic E-state index is 0.128. The van der Waals surface area contributed by atoms with Crippen LogP contribution in [0.1, 0.15) is 6.42 Å². The summed E-state index contributed by atoms with van der Waals surface area (Å²) >= 11 is 0. The molecule has 1 aromatic rings. The van der Waals surface area contributed by atoms with E-state index in [4.69, 9.17) is 10.00 Å². The van der Waals surface area contributed by atoms with Crippen LogP contribution in [0.3, 0.4) is 0 Å². The van der Waals surface area contributed by atoms with Gasteiger partial charge in [0.2, 0.25) is 5.82 Å². The van der Waals surface area contributed by atoms with Crippen molar-refractivity contribution >= 4 is 11.6 Å². The third-order valence-corrected chi connectivity index (χ3v) is 2.53. The number of carbonyl (C=O) groups is 1. The number of benzene rings is 1. The summed E-state index contributed by atoms with van der Waals surface area (Å²) in [5, 5.41) is 18.8. The highest BCUT2D eigenvalue weighted by atomic mass is 19.1. The average molecular weight is 299 g/mol. The molecule has 0 aromatic heterocycles. The number of hydrogen-bond acceptors (Lipinski definition) is 5. The first kappa shape index (κ1) is 16.3. The normalized spacial score (nSPS) is 9.81. The number of hydrogen-bond donors (Lipinski definition) is 0. The van der Waals surface area contributed by atoms with E-state index in [9.17, 15) is 23.7 Å². The number of nitriles is 1. The monoisotopic (exact) mass is 299 g/mol. The second kappa shape index (κ2) is 7.14. The molecule has 0 spiro atoms. The van der Waals surface area contributed by atoms with Crippen molar-refractivity contribution in [3.05, 3.63) is 33.9 Å². The molecule has 0 fully saturated rings. The minimum atomic E-state index is -1.26. The highest BCUT2D eigenvalue weighted by Gasteiger charge is 2.20. The van der Waals surface area contributed by atoms with Gasteiger partial charge in [0.1, 0.15) is 0 Å². The Morgan fingerprint density at radius 3 is 2.71 bits per heavy atom.